The molecule has 0 saturated carbocycles. The number of nitrogens with zero attached hydrogens (tertiary/aromatic N) is 1. The summed E-state index contributed by atoms with van der Waals surface area (Å²) in [6.07, 6.45) is -3.96. The van der Waals surface area contributed by atoms with E-state index < -0.39 is 17.3 Å². The monoisotopic (exact) mass is 321 g/mol. The maximum absolute atomic E-state index is 12.9. The van der Waals surface area contributed by atoms with Crippen LogP contribution in [0.2, 0.25) is 0 Å². The highest BCUT2D eigenvalue weighted by atomic mass is 19.4. The van der Waals surface area contributed by atoms with Gasteiger partial charge in [-0.3, -0.25) is 4.90 Å². The van der Waals surface area contributed by atoms with Crippen LogP contribution in [0.5, 0.6) is 0 Å². The first-order valence-electron chi connectivity index (χ1n) is 7.53. The Hall–Kier alpha value is -1.85. The number of rotatable bonds is 3. The highest BCUT2D eigenvalue weighted by molar-refractivity contribution is 5.31. The minimum Gasteiger partial charge on any atom is -0.384 e. The average Bonchev–Trinajstić information content (AvgIpc) is 2.90. The van der Waals surface area contributed by atoms with Crippen molar-refractivity contribution in [1.29, 1.82) is 0 Å². The molecule has 0 spiro atoms. The highest BCUT2D eigenvalue weighted by Crippen LogP contribution is 2.36. The number of aliphatic hydroxyl groups is 1. The van der Waals surface area contributed by atoms with E-state index in [1.807, 2.05) is 30.3 Å². The molecule has 1 atom stereocenters. The molecule has 2 nitrogen and oxygen atoms in total. The molecule has 0 amide bonds. The molecule has 5 heteroatoms. The summed E-state index contributed by atoms with van der Waals surface area (Å²) in [6, 6.07) is 14.9. The summed E-state index contributed by atoms with van der Waals surface area (Å²) in [4.78, 5) is 2.07. The van der Waals surface area contributed by atoms with Crippen molar-refractivity contribution in [2.24, 2.45) is 0 Å². The van der Waals surface area contributed by atoms with Crippen LogP contribution in [0.4, 0.5) is 13.2 Å². The predicted molar refractivity (Wildman–Crippen MR) is 81.7 cm³/mol. The molecule has 122 valence electrons. The Morgan fingerprint density at radius 1 is 1.04 bits per heavy atom. The van der Waals surface area contributed by atoms with Crippen molar-refractivity contribution in [3.05, 3.63) is 71.3 Å². The Balaban J connectivity index is 1.76. The summed E-state index contributed by atoms with van der Waals surface area (Å²) in [7, 11) is 0. The quantitative estimate of drug-likeness (QED) is 0.929. The zero-order valence-electron chi connectivity index (χ0n) is 12.6. The summed E-state index contributed by atoms with van der Waals surface area (Å²) in [5.74, 6) is 0. The molecule has 1 aliphatic rings. The summed E-state index contributed by atoms with van der Waals surface area (Å²) in [6.45, 7) is 1.67. The third kappa shape index (κ3) is 3.57. The fraction of sp³-hybridized carbons (Fsp3) is 0.333. The highest BCUT2D eigenvalue weighted by Gasteiger charge is 2.39. The van der Waals surface area contributed by atoms with Crippen LogP contribution < -0.4 is 0 Å². The van der Waals surface area contributed by atoms with Gasteiger partial charge in [0.1, 0.15) is 5.60 Å². The van der Waals surface area contributed by atoms with Gasteiger partial charge in [-0.05, 0) is 29.7 Å². The van der Waals surface area contributed by atoms with Crippen LogP contribution in [0.3, 0.4) is 0 Å². The number of hydrogen-bond acceptors (Lipinski definition) is 2. The third-order valence-electron chi connectivity index (χ3n) is 4.30. The largest absolute Gasteiger partial charge is 0.416 e. The van der Waals surface area contributed by atoms with Gasteiger partial charge >= 0.3 is 6.18 Å². The van der Waals surface area contributed by atoms with E-state index in [0.29, 0.717) is 31.6 Å². The molecule has 0 aliphatic carbocycles. The Morgan fingerprint density at radius 3 is 2.48 bits per heavy atom. The van der Waals surface area contributed by atoms with Crippen LogP contribution in [0.25, 0.3) is 0 Å². The lowest BCUT2D eigenvalue weighted by molar-refractivity contribution is -0.137. The number of benzene rings is 2. The van der Waals surface area contributed by atoms with Gasteiger partial charge in [-0.25, -0.2) is 0 Å². The van der Waals surface area contributed by atoms with Crippen molar-refractivity contribution in [1.82, 2.24) is 4.90 Å². The number of likely N-dealkylation sites (tertiary alicyclic amines) is 1. The fourth-order valence-corrected chi connectivity index (χ4v) is 3.07. The van der Waals surface area contributed by atoms with Crippen LogP contribution in [0, 0.1) is 0 Å². The SMILES string of the molecule is OC1(c2cccc(C(F)(F)F)c2)CCN(Cc2ccccc2)C1. The van der Waals surface area contributed by atoms with Crippen LogP contribution in [-0.2, 0) is 18.3 Å². The van der Waals surface area contributed by atoms with E-state index in [1.165, 1.54) is 6.07 Å². The van der Waals surface area contributed by atoms with Crippen LogP contribution in [-0.4, -0.2) is 23.1 Å². The molecule has 2 aromatic rings. The molecule has 1 saturated heterocycles. The predicted octanol–water partition coefficient (Wildman–Crippen LogP) is 3.80. The third-order valence-corrected chi connectivity index (χ3v) is 4.30. The molecule has 1 N–H and O–H groups in total. The summed E-state index contributed by atoms with van der Waals surface area (Å²) >= 11 is 0. The molecule has 23 heavy (non-hydrogen) atoms. The number of halogens is 3. The van der Waals surface area contributed by atoms with Crippen molar-refractivity contribution >= 4 is 0 Å². The zero-order chi connectivity index (χ0) is 16.5. The minimum atomic E-state index is -4.39. The van der Waals surface area contributed by atoms with Gasteiger partial charge in [0.25, 0.3) is 0 Å². The Kier molecular flexibility index (Phi) is 4.17. The van der Waals surface area contributed by atoms with Crippen molar-refractivity contribution in [2.45, 2.75) is 24.7 Å². The van der Waals surface area contributed by atoms with Gasteiger partial charge < -0.3 is 5.11 Å². The van der Waals surface area contributed by atoms with Crippen molar-refractivity contribution in [3.63, 3.8) is 0 Å². The Morgan fingerprint density at radius 2 is 1.78 bits per heavy atom. The fourth-order valence-electron chi connectivity index (χ4n) is 3.07. The second-order valence-corrected chi connectivity index (χ2v) is 6.06. The van der Waals surface area contributed by atoms with E-state index in [4.69, 9.17) is 0 Å². The van der Waals surface area contributed by atoms with Crippen molar-refractivity contribution in [2.75, 3.05) is 13.1 Å². The van der Waals surface area contributed by atoms with E-state index >= 15 is 0 Å². The van der Waals surface area contributed by atoms with Gasteiger partial charge in [-0.2, -0.15) is 13.2 Å². The van der Waals surface area contributed by atoms with Crippen LogP contribution in [0.15, 0.2) is 54.6 Å². The number of alkyl halides is 3. The standard InChI is InChI=1S/C18H18F3NO/c19-18(20,21)16-8-4-7-15(11-16)17(23)9-10-22(13-17)12-14-5-2-1-3-6-14/h1-8,11,23H,9-10,12-13H2. The lowest BCUT2D eigenvalue weighted by Crippen LogP contribution is -2.30. The topological polar surface area (TPSA) is 23.5 Å². The molecular formula is C18H18F3NO. The molecule has 1 heterocycles. The van der Waals surface area contributed by atoms with Crippen molar-refractivity contribution in [3.8, 4) is 0 Å². The molecule has 1 fully saturated rings. The zero-order valence-corrected chi connectivity index (χ0v) is 12.6. The van der Waals surface area contributed by atoms with Crippen LogP contribution in [0.1, 0.15) is 23.1 Å². The summed E-state index contributed by atoms with van der Waals surface area (Å²) in [5, 5.41) is 10.8. The molecule has 0 aromatic heterocycles. The lowest BCUT2D eigenvalue weighted by Gasteiger charge is -2.25. The molecule has 0 bridgehead atoms. The van der Waals surface area contributed by atoms with Gasteiger partial charge in [-0.1, -0.05) is 42.5 Å². The van der Waals surface area contributed by atoms with E-state index in [0.717, 1.165) is 17.7 Å². The summed E-state index contributed by atoms with van der Waals surface area (Å²) < 4.78 is 38.6. The van der Waals surface area contributed by atoms with Crippen LogP contribution >= 0.6 is 0 Å². The average molecular weight is 321 g/mol. The summed E-state index contributed by atoms with van der Waals surface area (Å²) in [5.41, 5.74) is -0.482. The maximum atomic E-state index is 12.9. The molecule has 1 unspecified atom stereocenters. The number of hydrogen-bond donors (Lipinski definition) is 1. The minimum absolute atomic E-state index is 0.336. The van der Waals surface area contributed by atoms with Crippen molar-refractivity contribution < 1.29 is 18.3 Å². The molecule has 3 rings (SSSR count). The molecular weight excluding hydrogens is 303 g/mol. The van der Waals surface area contributed by atoms with E-state index in [-0.39, 0.29) is 0 Å². The van der Waals surface area contributed by atoms with Gasteiger partial charge in [0, 0.05) is 19.6 Å². The van der Waals surface area contributed by atoms with E-state index in [1.54, 1.807) is 6.07 Å². The van der Waals surface area contributed by atoms with Gasteiger partial charge in [0.2, 0.25) is 0 Å². The van der Waals surface area contributed by atoms with E-state index in [9.17, 15) is 18.3 Å². The van der Waals surface area contributed by atoms with E-state index in [2.05, 4.69) is 4.90 Å². The second-order valence-electron chi connectivity index (χ2n) is 6.06. The van der Waals surface area contributed by atoms with Gasteiger partial charge in [0.15, 0.2) is 0 Å². The van der Waals surface area contributed by atoms with Gasteiger partial charge in [-0.15, -0.1) is 0 Å². The molecule has 1 aliphatic heterocycles. The first kappa shape index (κ1) is 16.0. The lowest BCUT2D eigenvalue weighted by atomic mass is 9.91. The maximum Gasteiger partial charge on any atom is 0.416 e. The Labute approximate surface area is 133 Å². The first-order chi connectivity index (χ1) is 10.9. The smallest absolute Gasteiger partial charge is 0.384 e. The molecule has 0 radical (unpaired) electrons. The Bertz CT molecular complexity index is 671. The first-order valence-corrected chi connectivity index (χ1v) is 7.53. The second kappa shape index (κ2) is 5.98. The normalized spacial score (nSPS) is 22.4. The van der Waals surface area contributed by atoms with Gasteiger partial charge in [0.05, 0.1) is 5.56 Å². The number of β-amino-alcohol motifs (C(OH)–C–C–N with tert-alkyl or cyclic N) is 1. The molecule has 2 aromatic carbocycles.